The predicted molar refractivity (Wildman–Crippen MR) is 49.7 cm³/mol. The molecule has 0 N–H and O–H groups in total. The molecule has 1 aromatic rings. The van der Waals surface area contributed by atoms with Gasteiger partial charge >= 0.3 is 0 Å². The molecule has 0 aliphatic heterocycles. The van der Waals surface area contributed by atoms with E-state index >= 15 is 0 Å². The van der Waals surface area contributed by atoms with Gasteiger partial charge in [0.15, 0.2) is 6.19 Å². The molecule has 0 fully saturated rings. The summed E-state index contributed by atoms with van der Waals surface area (Å²) in [6.07, 6.45) is 3.14. The lowest BCUT2D eigenvalue weighted by molar-refractivity contribution is 0.887. The number of hydrogen-bond acceptors (Lipinski definition) is 2. The molecule has 0 unspecified atom stereocenters. The van der Waals surface area contributed by atoms with E-state index in [4.69, 9.17) is 5.26 Å². The van der Waals surface area contributed by atoms with Crippen LogP contribution in [0.25, 0.3) is 0 Å². The van der Waals surface area contributed by atoms with Crippen molar-refractivity contribution in [3.63, 3.8) is 0 Å². The third-order valence-electron chi connectivity index (χ3n) is 1.64. The molecule has 0 saturated carbocycles. The maximum absolute atomic E-state index is 8.79. The molecule has 0 saturated heterocycles. The van der Waals surface area contributed by atoms with Crippen LogP contribution >= 0.6 is 0 Å². The highest BCUT2D eigenvalue weighted by Gasteiger charge is 2.00. The normalized spacial score (nSPS) is 9.00. The lowest BCUT2D eigenvalue weighted by atomic mass is 10.3. The standard InChI is InChI=1S/C10H12N2/c1-2-8-12(9-11)10-6-4-3-5-7-10/h3-7H,2,8H2,1H3. The highest BCUT2D eigenvalue weighted by Crippen LogP contribution is 2.11. The molecule has 0 heterocycles. The monoisotopic (exact) mass is 160 g/mol. The van der Waals surface area contributed by atoms with Crippen LogP contribution in [0, 0.1) is 11.5 Å². The van der Waals surface area contributed by atoms with Crippen molar-refractivity contribution in [1.82, 2.24) is 0 Å². The number of anilines is 1. The van der Waals surface area contributed by atoms with E-state index in [2.05, 4.69) is 13.1 Å². The van der Waals surface area contributed by atoms with Crippen LogP contribution in [0.3, 0.4) is 0 Å². The van der Waals surface area contributed by atoms with Gasteiger partial charge in [-0.1, -0.05) is 25.1 Å². The van der Waals surface area contributed by atoms with E-state index in [1.165, 1.54) is 0 Å². The second-order valence-corrected chi connectivity index (χ2v) is 2.59. The van der Waals surface area contributed by atoms with Gasteiger partial charge in [-0.05, 0) is 18.6 Å². The van der Waals surface area contributed by atoms with Crippen LogP contribution in [0.1, 0.15) is 13.3 Å². The number of nitriles is 1. The second-order valence-electron chi connectivity index (χ2n) is 2.59. The van der Waals surface area contributed by atoms with E-state index in [9.17, 15) is 0 Å². The Morgan fingerprint density at radius 2 is 2.00 bits per heavy atom. The number of rotatable bonds is 3. The zero-order valence-corrected chi connectivity index (χ0v) is 7.20. The summed E-state index contributed by atoms with van der Waals surface area (Å²) in [6, 6.07) is 9.72. The molecule has 2 nitrogen and oxygen atoms in total. The predicted octanol–water partition coefficient (Wildman–Crippen LogP) is 2.38. The van der Waals surface area contributed by atoms with E-state index in [-0.39, 0.29) is 0 Å². The fourth-order valence-electron chi connectivity index (χ4n) is 1.07. The summed E-state index contributed by atoms with van der Waals surface area (Å²) in [5, 5.41) is 8.79. The number of para-hydroxylation sites is 1. The zero-order valence-electron chi connectivity index (χ0n) is 7.20. The van der Waals surface area contributed by atoms with E-state index in [1.807, 2.05) is 30.3 Å². The first kappa shape index (κ1) is 8.61. The largest absolute Gasteiger partial charge is 0.280 e. The molecule has 0 radical (unpaired) electrons. The third-order valence-corrected chi connectivity index (χ3v) is 1.64. The lowest BCUT2D eigenvalue weighted by Crippen LogP contribution is -2.16. The van der Waals surface area contributed by atoms with Crippen molar-refractivity contribution >= 4 is 5.69 Å². The summed E-state index contributed by atoms with van der Waals surface area (Å²) in [6.45, 7) is 2.85. The smallest absolute Gasteiger partial charge is 0.184 e. The Labute approximate surface area is 73.0 Å². The van der Waals surface area contributed by atoms with Crippen molar-refractivity contribution in [1.29, 1.82) is 5.26 Å². The van der Waals surface area contributed by atoms with E-state index in [1.54, 1.807) is 4.90 Å². The molecule has 2 heteroatoms. The molecule has 0 amide bonds. The van der Waals surface area contributed by atoms with Gasteiger partial charge in [-0.25, -0.2) is 0 Å². The Morgan fingerprint density at radius 3 is 2.50 bits per heavy atom. The fraction of sp³-hybridized carbons (Fsp3) is 0.300. The molecule has 0 aromatic heterocycles. The van der Waals surface area contributed by atoms with Crippen LogP contribution in [0.4, 0.5) is 5.69 Å². The Bertz CT molecular complexity index is 261. The topological polar surface area (TPSA) is 27.0 Å². The summed E-state index contributed by atoms with van der Waals surface area (Å²) >= 11 is 0. The van der Waals surface area contributed by atoms with Crippen LogP contribution in [0.15, 0.2) is 30.3 Å². The highest BCUT2D eigenvalue weighted by atomic mass is 15.1. The molecule has 0 spiro atoms. The van der Waals surface area contributed by atoms with Gasteiger partial charge in [0.05, 0.1) is 5.69 Å². The number of hydrogen-bond donors (Lipinski definition) is 0. The summed E-state index contributed by atoms with van der Waals surface area (Å²) in [5.74, 6) is 0. The molecule has 12 heavy (non-hydrogen) atoms. The first-order chi connectivity index (χ1) is 5.88. The molecule has 62 valence electrons. The van der Waals surface area contributed by atoms with Crippen LogP contribution in [0.5, 0.6) is 0 Å². The van der Waals surface area contributed by atoms with Crippen LogP contribution in [0.2, 0.25) is 0 Å². The van der Waals surface area contributed by atoms with Gasteiger partial charge in [0.2, 0.25) is 0 Å². The van der Waals surface area contributed by atoms with Crippen molar-refractivity contribution in [2.24, 2.45) is 0 Å². The van der Waals surface area contributed by atoms with Crippen molar-refractivity contribution in [3.8, 4) is 6.19 Å². The Hall–Kier alpha value is -1.49. The molecular formula is C10H12N2. The van der Waals surface area contributed by atoms with E-state index in [0.717, 1.165) is 18.7 Å². The van der Waals surface area contributed by atoms with Gasteiger partial charge in [0.1, 0.15) is 0 Å². The van der Waals surface area contributed by atoms with Gasteiger partial charge in [0.25, 0.3) is 0 Å². The molecule has 0 aliphatic rings. The maximum atomic E-state index is 8.79. The zero-order chi connectivity index (χ0) is 8.81. The number of nitrogens with zero attached hydrogens (tertiary/aromatic N) is 2. The quantitative estimate of drug-likeness (QED) is 0.501. The van der Waals surface area contributed by atoms with Crippen molar-refractivity contribution in [3.05, 3.63) is 30.3 Å². The van der Waals surface area contributed by atoms with E-state index in [0.29, 0.717) is 0 Å². The fourth-order valence-corrected chi connectivity index (χ4v) is 1.07. The Balaban J connectivity index is 2.75. The van der Waals surface area contributed by atoms with Crippen molar-refractivity contribution < 1.29 is 0 Å². The van der Waals surface area contributed by atoms with Gasteiger partial charge in [-0.3, -0.25) is 4.90 Å². The lowest BCUT2D eigenvalue weighted by Gasteiger charge is -2.13. The molecule has 1 aromatic carbocycles. The van der Waals surface area contributed by atoms with Crippen LogP contribution in [-0.4, -0.2) is 6.54 Å². The van der Waals surface area contributed by atoms with Gasteiger partial charge in [0, 0.05) is 6.54 Å². The first-order valence-corrected chi connectivity index (χ1v) is 4.10. The van der Waals surface area contributed by atoms with Crippen molar-refractivity contribution in [2.45, 2.75) is 13.3 Å². The SMILES string of the molecule is CCCN(C#N)c1ccccc1. The molecule has 0 aliphatic carbocycles. The summed E-state index contributed by atoms with van der Waals surface area (Å²) in [7, 11) is 0. The molecule has 1 rings (SSSR count). The average molecular weight is 160 g/mol. The summed E-state index contributed by atoms with van der Waals surface area (Å²) < 4.78 is 0. The average Bonchev–Trinajstić information content (AvgIpc) is 2.15. The Kier molecular flexibility index (Phi) is 3.16. The van der Waals surface area contributed by atoms with Gasteiger partial charge in [-0.15, -0.1) is 0 Å². The minimum absolute atomic E-state index is 0.792. The van der Waals surface area contributed by atoms with E-state index < -0.39 is 0 Å². The first-order valence-electron chi connectivity index (χ1n) is 4.10. The molecule has 0 bridgehead atoms. The highest BCUT2D eigenvalue weighted by molar-refractivity contribution is 5.49. The minimum atomic E-state index is 0.792. The maximum Gasteiger partial charge on any atom is 0.184 e. The van der Waals surface area contributed by atoms with Crippen LogP contribution in [-0.2, 0) is 0 Å². The van der Waals surface area contributed by atoms with Gasteiger partial charge < -0.3 is 0 Å². The third kappa shape index (κ3) is 2.00. The molecular weight excluding hydrogens is 148 g/mol. The number of benzene rings is 1. The second kappa shape index (κ2) is 4.40. The summed E-state index contributed by atoms with van der Waals surface area (Å²) in [4.78, 5) is 1.69. The van der Waals surface area contributed by atoms with Crippen LogP contribution < -0.4 is 4.90 Å². The minimum Gasteiger partial charge on any atom is -0.280 e. The Morgan fingerprint density at radius 1 is 1.33 bits per heavy atom. The van der Waals surface area contributed by atoms with Gasteiger partial charge in [-0.2, -0.15) is 5.26 Å². The van der Waals surface area contributed by atoms with Crippen molar-refractivity contribution in [2.75, 3.05) is 11.4 Å². The summed E-state index contributed by atoms with van der Waals surface area (Å²) in [5.41, 5.74) is 0.974. The molecule has 0 atom stereocenters.